The third-order valence-corrected chi connectivity index (χ3v) is 3.00. The van der Waals surface area contributed by atoms with Gasteiger partial charge in [0.15, 0.2) is 0 Å². The largest absolute Gasteiger partial charge is 0.478 e. The molecule has 0 aliphatic carbocycles. The van der Waals surface area contributed by atoms with Crippen molar-refractivity contribution in [2.45, 2.75) is 20.3 Å². The van der Waals surface area contributed by atoms with Gasteiger partial charge in [0.1, 0.15) is 5.56 Å². The Labute approximate surface area is 122 Å². The monoisotopic (exact) mass is 288 g/mol. The van der Waals surface area contributed by atoms with E-state index in [1.54, 1.807) is 31.2 Å². The number of carboxylic acid groups (broad SMARTS) is 1. The van der Waals surface area contributed by atoms with Crippen LogP contribution in [0.5, 0.6) is 0 Å². The summed E-state index contributed by atoms with van der Waals surface area (Å²) in [6.07, 6.45) is 2.05. The van der Waals surface area contributed by atoms with E-state index < -0.39 is 11.9 Å². The van der Waals surface area contributed by atoms with Crippen LogP contribution in [0.1, 0.15) is 39.8 Å². The number of benzene rings is 1. The predicted octanol–water partition coefficient (Wildman–Crippen LogP) is 2.45. The maximum absolute atomic E-state index is 11.8. The van der Waals surface area contributed by atoms with Gasteiger partial charge in [-0.25, -0.2) is 14.3 Å². The van der Waals surface area contributed by atoms with Crippen LogP contribution in [-0.4, -0.2) is 33.4 Å². The number of nitrogens with zero attached hydrogens (tertiary/aromatic N) is 2. The molecule has 1 N–H and O–H groups in total. The zero-order chi connectivity index (χ0) is 15.4. The van der Waals surface area contributed by atoms with E-state index in [0.29, 0.717) is 23.6 Å². The van der Waals surface area contributed by atoms with Crippen LogP contribution < -0.4 is 0 Å². The zero-order valence-electron chi connectivity index (χ0n) is 11.9. The van der Waals surface area contributed by atoms with Crippen LogP contribution in [0, 0.1) is 6.92 Å². The molecule has 0 aliphatic heterocycles. The Morgan fingerprint density at radius 3 is 2.76 bits per heavy atom. The second-order valence-electron chi connectivity index (χ2n) is 4.55. The molecule has 2 aromatic rings. The third kappa shape index (κ3) is 3.10. The van der Waals surface area contributed by atoms with Crippen LogP contribution in [0.3, 0.4) is 0 Å². The summed E-state index contributed by atoms with van der Waals surface area (Å²) < 4.78 is 6.57. The summed E-state index contributed by atoms with van der Waals surface area (Å²) >= 11 is 0. The topological polar surface area (TPSA) is 81.4 Å². The number of carbonyl (C=O) groups excluding carboxylic acids is 1. The molecule has 0 aliphatic rings. The minimum atomic E-state index is -1.03. The average Bonchev–Trinajstić information content (AvgIpc) is 2.86. The first kappa shape index (κ1) is 14.8. The number of rotatable bonds is 5. The van der Waals surface area contributed by atoms with Crippen molar-refractivity contribution in [3.63, 3.8) is 0 Å². The molecule has 1 aromatic carbocycles. The molecule has 6 heteroatoms. The Morgan fingerprint density at radius 1 is 1.38 bits per heavy atom. The van der Waals surface area contributed by atoms with E-state index >= 15 is 0 Å². The van der Waals surface area contributed by atoms with Crippen LogP contribution in [-0.2, 0) is 4.74 Å². The second kappa shape index (κ2) is 6.21. The summed E-state index contributed by atoms with van der Waals surface area (Å²) in [5.74, 6) is -1.43. The summed E-state index contributed by atoms with van der Waals surface area (Å²) in [5, 5.41) is 13.1. The first-order valence-electron chi connectivity index (χ1n) is 6.60. The molecule has 1 aromatic heterocycles. The molecule has 0 atom stereocenters. The van der Waals surface area contributed by atoms with Gasteiger partial charge in [0.2, 0.25) is 0 Å². The van der Waals surface area contributed by atoms with Crippen LogP contribution in [0.4, 0.5) is 0 Å². The number of hydrogen-bond donors (Lipinski definition) is 1. The quantitative estimate of drug-likeness (QED) is 0.855. The fourth-order valence-corrected chi connectivity index (χ4v) is 1.92. The molecule has 0 unspecified atom stereocenters. The van der Waals surface area contributed by atoms with Crippen molar-refractivity contribution in [3.8, 4) is 5.69 Å². The lowest BCUT2D eigenvalue weighted by molar-refractivity contribution is 0.0504. The van der Waals surface area contributed by atoms with Gasteiger partial charge < -0.3 is 9.84 Å². The van der Waals surface area contributed by atoms with Crippen molar-refractivity contribution in [1.82, 2.24) is 9.78 Å². The van der Waals surface area contributed by atoms with Gasteiger partial charge in [0.05, 0.1) is 29.7 Å². The van der Waals surface area contributed by atoms with Gasteiger partial charge in [-0.05, 0) is 31.5 Å². The van der Waals surface area contributed by atoms with Crippen LogP contribution >= 0.6 is 0 Å². The van der Waals surface area contributed by atoms with E-state index in [4.69, 9.17) is 9.84 Å². The lowest BCUT2D eigenvalue weighted by Gasteiger charge is -2.07. The molecule has 0 radical (unpaired) electrons. The number of ether oxygens (including phenoxy) is 1. The number of carbonyl (C=O) groups is 2. The molecule has 0 fully saturated rings. The summed E-state index contributed by atoms with van der Waals surface area (Å²) in [4.78, 5) is 22.9. The highest BCUT2D eigenvalue weighted by atomic mass is 16.5. The number of esters is 1. The molecule has 2 rings (SSSR count). The van der Waals surface area contributed by atoms with Gasteiger partial charge in [0.25, 0.3) is 0 Å². The number of aromatic carboxylic acids is 1. The molecule has 6 nitrogen and oxygen atoms in total. The molecule has 0 amide bonds. The maximum Gasteiger partial charge on any atom is 0.339 e. The molecule has 0 spiro atoms. The Kier molecular flexibility index (Phi) is 4.37. The normalized spacial score (nSPS) is 10.4. The van der Waals surface area contributed by atoms with E-state index in [0.717, 1.165) is 6.42 Å². The fraction of sp³-hybridized carbons (Fsp3) is 0.267. The number of aromatic nitrogens is 2. The molecule has 110 valence electrons. The van der Waals surface area contributed by atoms with Crippen molar-refractivity contribution in [2.24, 2.45) is 0 Å². The van der Waals surface area contributed by atoms with Crippen molar-refractivity contribution in [2.75, 3.05) is 6.61 Å². The molecule has 0 saturated carbocycles. The minimum Gasteiger partial charge on any atom is -0.478 e. The van der Waals surface area contributed by atoms with Crippen molar-refractivity contribution >= 4 is 11.9 Å². The SMILES string of the molecule is CCCOC(=O)c1cccc(-n2ncc(C(=O)O)c2C)c1. The van der Waals surface area contributed by atoms with Crippen LogP contribution in [0.2, 0.25) is 0 Å². The summed E-state index contributed by atoms with van der Waals surface area (Å²) in [6, 6.07) is 6.74. The first-order chi connectivity index (χ1) is 10.0. The maximum atomic E-state index is 11.8. The molecular formula is C15H16N2O4. The fourth-order valence-electron chi connectivity index (χ4n) is 1.92. The van der Waals surface area contributed by atoms with Crippen molar-refractivity contribution in [1.29, 1.82) is 0 Å². The zero-order valence-corrected chi connectivity index (χ0v) is 11.9. The molecule has 0 saturated heterocycles. The van der Waals surface area contributed by atoms with Crippen molar-refractivity contribution < 1.29 is 19.4 Å². The van der Waals surface area contributed by atoms with Gasteiger partial charge in [0, 0.05) is 0 Å². The lowest BCUT2D eigenvalue weighted by Crippen LogP contribution is -2.08. The molecule has 21 heavy (non-hydrogen) atoms. The molecule has 1 heterocycles. The van der Waals surface area contributed by atoms with E-state index in [9.17, 15) is 9.59 Å². The van der Waals surface area contributed by atoms with E-state index in [-0.39, 0.29) is 5.56 Å². The smallest absolute Gasteiger partial charge is 0.339 e. The van der Waals surface area contributed by atoms with E-state index in [1.807, 2.05) is 6.92 Å². The third-order valence-electron chi connectivity index (χ3n) is 3.00. The lowest BCUT2D eigenvalue weighted by atomic mass is 10.2. The Morgan fingerprint density at radius 2 is 2.14 bits per heavy atom. The molecule has 0 bridgehead atoms. The van der Waals surface area contributed by atoms with Crippen LogP contribution in [0.15, 0.2) is 30.5 Å². The summed E-state index contributed by atoms with van der Waals surface area (Å²) in [7, 11) is 0. The number of hydrogen-bond acceptors (Lipinski definition) is 4. The van der Waals surface area contributed by atoms with Crippen LogP contribution in [0.25, 0.3) is 5.69 Å². The Hall–Kier alpha value is -2.63. The highest BCUT2D eigenvalue weighted by molar-refractivity contribution is 5.90. The predicted molar refractivity (Wildman–Crippen MR) is 75.8 cm³/mol. The van der Waals surface area contributed by atoms with Gasteiger partial charge in [-0.2, -0.15) is 5.10 Å². The highest BCUT2D eigenvalue weighted by Gasteiger charge is 2.15. The second-order valence-corrected chi connectivity index (χ2v) is 4.55. The van der Waals surface area contributed by atoms with Gasteiger partial charge in [-0.1, -0.05) is 13.0 Å². The van der Waals surface area contributed by atoms with E-state index in [2.05, 4.69) is 5.10 Å². The Balaban J connectivity index is 2.33. The Bertz CT molecular complexity index is 676. The minimum absolute atomic E-state index is 0.133. The number of carboxylic acids is 1. The molecular weight excluding hydrogens is 272 g/mol. The average molecular weight is 288 g/mol. The van der Waals surface area contributed by atoms with Gasteiger partial charge in [-0.3, -0.25) is 0 Å². The standard InChI is InChI=1S/C15H16N2O4/c1-3-7-21-15(20)11-5-4-6-12(8-11)17-10(2)13(9-16-17)14(18)19/h4-6,8-9H,3,7H2,1-2H3,(H,18,19). The summed E-state index contributed by atoms with van der Waals surface area (Å²) in [5.41, 5.74) is 1.66. The van der Waals surface area contributed by atoms with Crippen molar-refractivity contribution in [3.05, 3.63) is 47.3 Å². The van der Waals surface area contributed by atoms with E-state index in [1.165, 1.54) is 10.9 Å². The summed E-state index contributed by atoms with van der Waals surface area (Å²) in [6.45, 7) is 3.95. The highest BCUT2D eigenvalue weighted by Crippen LogP contribution is 2.16. The first-order valence-corrected chi connectivity index (χ1v) is 6.60. The van der Waals surface area contributed by atoms with Gasteiger partial charge in [-0.15, -0.1) is 0 Å². The van der Waals surface area contributed by atoms with Gasteiger partial charge >= 0.3 is 11.9 Å².